The third kappa shape index (κ3) is 12.8. The average Bonchev–Trinajstić information content (AvgIpc) is 3.73. The first kappa shape index (κ1) is 54.7. The van der Waals surface area contributed by atoms with Crippen molar-refractivity contribution in [1.29, 1.82) is 0 Å². The molecule has 16 nitrogen and oxygen atoms in total. The second-order valence-electron chi connectivity index (χ2n) is 22.9. The van der Waals surface area contributed by atoms with Gasteiger partial charge in [-0.1, -0.05) is 55.3 Å². The van der Waals surface area contributed by atoms with E-state index in [1.165, 1.54) is 28.8 Å². The summed E-state index contributed by atoms with van der Waals surface area (Å²) in [7, 11) is -8.29. The van der Waals surface area contributed by atoms with Crippen molar-refractivity contribution in [2.24, 2.45) is 11.3 Å². The molecule has 19 heteroatoms. The minimum Gasteiger partial charge on any atom is -0.384 e. The second kappa shape index (κ2) is 22.6. The fraction of sp³-hybridized carbons (Fsp3) is 0.483. The Kier molecular flexibility index (Phi) is 16.1. The first-order valence-corrected chi connectivity index (χ1v) is 30.9. The standard InChI is InChI=1S/C58H71ClN8O8S2/c1-58(2)23-22-49(41-7-11-45(59)12-8-41)44(34-58)37-64-26-30-66(31-27-64)47-15-9-42(10-16-47)55(69)62-77(74,75)48-17-19-51(53(33-48)76(3,72)73)60-35-39-4-13-46(14-5-39)65-28-24-63(25-29-65)36-40-6-18-50-43(32-40)38-67(57(50)71)52-20-21-54(68)61-56(52)70/h6-12,15-19,32-33,39,46,52,60H,4-5,13-14,20-31,34-38H2,1-3H3,(H,62,69)(H,61,68,70). The Labute approximate surface area is 458 Å². The van der Waals surface area contributed by atoms with Gasteiger partial charge in [0.1, 0.15) is 6.04 Å². The second-order valence-corrected chi connectivity index (χ2v) is 27.0. The molecule has 1 saturated carbocycles. The van der Waals surface area contributed by atoms with Crippen LogP contribution in [0.4, 0.5) is 11.4 Å². The lowest BCUT2D eigenvalue weighted by molar-refractivity contribution is -0.136. The number of hydrogen-bond donors (Lipinski definition) is 3. The van der Waals surface area contributed by atoms with Gasteiger partial charge in [-0.15, -0.1) is 0 Å². The molecule has 2 aliphatic carbocycles. The van der Waals surface area contributed by atoms with E-state index < -0.39 is 37.7 Å². The van der Waals surface area contributed by atoms with Crippen molar-refractivity contribution < 1.29 is 36.0 Å². The van der Waals surface area contributed by atoms with Crippen LogP contribution in [0.3, 0.4) is 0 Å². The fourth-order valence-electron chi connectivity index (χ4n) is 12.4. The number of piperazine rings is 2. The molecule has 6 aliphatic rings. The van der Waals surface area contributed by atoms with Crippen LogP contribution in [0.25, 0.3) is 5.57 Å². The van der Waals surface area contributed by atoms with Crippen molar-refractivity contribution in [1.82, 2.24) is 29.6 Å². The molecule has 10 rings (SSSR count). The van der Waals surface area contributed by atoms with Gasteiger partial charge in [0.2, 0.25) is 11.8 Å². The lowest BCUT2D eigenvalue weighted by Gasteiger charge is -2.42. The van der Waals surface area contributed by atoms with Crippen LogP contribution in [-0.4, -0.2) is 144 Å². The van der Waals surface area contributed by atoms with E-state index >= 15 is 0 Å². The van der Waals surface area contributed by atoms with E-state index in [-0.39, 0.29) is 39.0 Å². The number of benzene rings is 4. The number of sulfone groups is 1. The van der Waals surface area contributed by atoms with Gasteiger partial charge in [-0.25, -0.2) is 21.6 Å². The zero-order valence-electron chi connectivity index (χ0n) is 44.4. The molecule has 0 bridgehead atoms. The van der Waals surface area contributed by atoms with Crippen molar-refractivity contribution in [2.45, 2.75) is 107 Å². The van der Waals surface area contributed by atoms with Crippen LogP contribution in [0.1, 0.15) is 109 Å². The maximum Gasteiger partial charge on any atom is 0.264 e. The van der Waals surface area contributed by atoms with Crippen LogP contribution in [0.2, 0.25) is 5.02 Å². The highest BCUT2D eigenvalue weighted by Crippen LogP contribution is 2.43. The van der Waals surface area contributed by atoms with Crippen LogP contribution in [0.5, 0.6) is 0 Å². The number of amides is 4. The molecule has 4 heterocycles. The van der Waals surface area contributed by atoms with Gasteiger partial charge in [0.25, 0.3) is 21.8 Å². The van der Waals surface area contributed by atoms with E-state index in [4.69, 9.17) is 11.6 Å². The Balaban J connectivity index is 0.671. The molecular formula is C58H71ClN8O8S2. The van der Waals surface area contributed by atoms with Crippen LogP contribution < -0.4 is 20.3 Å². The summed E-state index contributed by atoms with van der Waals surface area (Å²) in [6, 6.07) is 24.8. The van der Waals surface area contributed by atoms with Crippen LogP contribution >= 0.6 is 11.6 Å². The van der Waals surface area contributed by atoms with E-state index in [0.29, 0.717) is 42.7 Å². The number of fused-ring (bicyclic) bond motifs is 1. The number of hydrogen-bond acceptors (Lipinski definition) is 13. The summed E-state index contributed by atoms with van der Waals surface area (Å²) in [5, 5.41) is 6.42. The normalized spacial score (nSPS) is 23.0. The SMILES string of the molecule is CC1(C)CCC(c2ccc(Cl)cc2)=C(CN2CCN(c3ccc(C(=O)NS(=O)(=O)c4ccc(NCC5CCC(N6CCN(Cc7ccc8c(c7)CN(C7CCC(=O)NC7=O)C8=O)CC6)CC5)c(S(C)(=O)=O)c4)cc3)CC2)C1. The number of anilines is 2. The number of nitrogens with one attached hydrogen (secondary N) is 3. The van der Waals surface area contributed by atoms with Gasteiger partial charge in [0, 0.05) is 119 Å². The number of rotatable bonds is 15. The number of carbonyl (C=O) groups is 4. The Morgan fingerprint density at radius 3 is 2.14 bits per heavy atom. The van der Waals surface area contributed by atoms with Crippen LogP contribution in [-0.2, 0) is 42.5 Å². The van der Waals surface area contributed by atoms with Gasteiger partial charge < -0.3 is 15.1 Å². The Bertz CT molecular complexity index is 3160. The molecule has 3 saturated heterocycles. The quantitative estimate of drug-likeness (QED) is 0.102. The highest BCUT2D eigenvalue weighted by atomic mass is 35.5. The first-order valence-electron chi connectivity index (χ1n) is 27.2. The molecule has 0 aromatic heterocycles. The van der Waals surface area contributed by atoms with E-state index in [0.717, 1.165) is 145 Å². The van der Waals surface area contributed by atoms with E-state index in [1.54, 1.807) is 17.0 Å². The molecule has 4 fully saturated rings. The zero-order valence-corrected chi connectivity index (χ0v) is 46.7. The molecule has 4 amide bonds. The van der Waals surface area contributed by atoms with E-state index in [9.17, 15) is 36.0 Å². The molecule has 0 radical (unpaired) electrons. The Morgan fingerprint density at radius 2 is 1.45 bits per heavy atom. The summed E-state index contributed by atoms with van der Waals surface area (Å²) in [4.78, 5) is 61.6. The van der Waals surface area contributed by atoms with Gasteiger partial charge in [-0.2, -0.15) is 0 Å². The van der Waals surface area contributed by atoms with Crippen molar-refractivity contribution in [3.8, 4) is 0 Å². The van der Waals surface area contributed by atoms with Gasteiger partial charge in [0.05, 0.1) is 15.5 Å². The zero-order chi connectivity index (χ0) is 54.2. The van der Waals surface area contributed by atoms with Gasteiger partial charge >= 0.3 is 0 Å². The lowest BCUT2D eigenvalue weighted by atomic mass is 9.73. The molecule has 77 heavy (non-hydrogen) atoms. The van der Waals surface area contributed by atoms with Crippen LogP contribution in [0.15, 0.2) is 100 Å². The summed E-state index contributed by atoms with van der Waals surface area (Å²) < 4.78 is 55.6. The number of halogens is 1. The van der Waals surface area contributed by atoms with Crippen molar-refractivity contribution in [3.63, 3.8) is 0 Å². The Hall–Kier alpha value is -5.63. The van der Waals surface area contributed by atoms with Crippen LogP contribution in [0, 0.1) is 11.3 Å². The summed E-state index contributed by atoms with van der Waals surface area (Å²) in [6.07, 6.45) is 8.86. The fourth-order valence-corrected chi connectivity index (χ4v) is 14.5. The van der Waals surface area contributed by atoms with Crippen molar-refractivity contribution in [2.75, 3.05) is 81.9 Å². The van der Waals surface area contributed by atoms with Crippen molar-refractivity contribution in [3.05, 3.63) is 123 Å². The molecule has 410 valence electrons. The summed E-state index contributed by atoms with van der Waals surface area (Å²) in [5.74, 6) is -1.37. The number of allylic oxidation sites excluding steroid dienone is 1. The number of sulfonamides is 1. The molecule has 1 unspecified atom stereocenters. The maximum absolute atomic E-state index is 13.6. The molecule has 4 aromatic rings. The third-order valence-corrected chi connectivity index (χ3v) is 19.6. The van der Waals surface area contributed by atoms with Crippen molar-refractivity contribution >= 4 is 72.0 Å². The molecule has 3 N–H and O–H groups in total. The molecular weight excluding hydrogens is 1040 g/mol. The number of piperidine rings is 1. The molecule has 1 atom stereocenters. The predicted octanol–water partition coefficient (Wildman–Crippen LogP) is 7.20. The highest BCUT2D eigenvalue weighted by Gasteiger charge is 2.39. The van der Waals surface area contributed by atoms with Gasteiger partial charge in [-0.05, 0) is 146 Å². The van der Waals surface area contributed by atoms with Gasteiger partial charge in [0.15, 0.2) is 9.84 Å². The lowest BCUT2D eigenvalue weighted by Crippen LogP contribution is -2.52. The third-order valence-electron chi connectivity index (χ3n) is 16.8. The molecule has 4 aromatic carbocycles. The summed E-state index contributed by atoms with van der Waals surface area (Å²) in [6.45, 7) is 14.4. The predicted molar refractivity (Wildman–Crippen MR) is 299 cm³/mol. The Morgan fingerprint density at radius 1 is 0.766 bits per heavy atom. The number of imide groups is 1. The molecule has 4 aliphatic heterocycles. The minimum atomic E-state index is -4.43. The highest BCUT2D eigenvalue weighted by molar-refractivity contribution is 7.91. The largest absolute Gasteiger partial charge is 0.384 e. The molecule has 0 spiro atoms. The maximum atomic E-state index is 13.6. The van der Waals surface area contributed by atoms with Gasteiger partial charge in [-0.3, -0.25) is 39.2 Å². The smallest absolute Gasteiger partial charge is 0.264 e. The summed E-state index contributed by atoms with van der Waals surface area (Å²) >= 11 is 6.22. The van der Waals surface area contributed by atoms with E-state index in [1.807, 2.05) is 36.4 Å². The first-order chi connectivity index (χ1) is 36.7. The van der Waals surface area contributed by atoms with E-state index in [2.05, 4.69) is 67.0 Å². The number of nitrogens with zero attached hydrogens (tertiary/aromatic N) is 5. The average molecular weight is 1110 g/mol. The number of carbonyl (C=O) groups excluding carboxylic acids is 4. The topological polar surface area (TPSA) is 189 Å². The summed E-state index contributed by atoms with van der Waals surface area (Å²) in [5.41, 5.74) is 8.53. The minimum absolute atomic E-state index is 0.146. The monoisotopic (exact) mass is 1110 g/mol.